The summed E-state index contributed by atoms with van der Waals surface area (Å²) in [5.74, 6) is 1.32. The summed E-state index contributed by atoms with van der Waals surface area (Å²) in [6.07, 6.45) is 1.94. The van der Waals surface area contributed by atoms with Gasteiger partial charge >= 0.3 is 0 Å². The number of piperidine rings is 1. The topological polar surface area (TPSA) is 67.9 Å². The van der Waals surface area contributed by atoms with Gasteiger partial charge < -0.3 is 14.8 Å². The molecule has 7 heteroatoms. The molecule has 2 rings (SSSR count). The van der Waals surface area contributed by atoms with E-state index in [9.17, 15) is 8.42 Å². The number of hydrogen-bond acceptors (Lipinski definition) is 5. The largest absolute Gasteiger partial charge is 0.493 e. The van der Waals surface area contributed by atoms with E-state index in [1.54, 1.807) is 30.5 Å². The molecule has 130 valence electrons. The molecule has 23 heavy (non-hydrogen) atoms. The van der Waals surface area contributed by atoms with E-state index in [1.807, 2.05) is 7.05 Å². The zero-order valence-corrected chi connectivity index (χ0v) is 15.1. The number of methoxy groups -OCH3 is 2. The normalized spacial score (nSPS) is 19.6. The number of ether oxygens (including phenoxy) is 2. The van der Waals surface area contributed by atoms with Crippen LogP contribution in [0, 0.1) is 12.8 Å². The number of hydrogen-bond donors (Lipinski definition) is 1. The Kier molecular flexibility index (Phi) is 5.89. The standard InChI is InChI=1S/C16H26N2O4S/c1-12-8-14(21-3)15(22-4)9-16(12)23(19,20)18-7-5-6-13(11-18)10-17-2/h8-9,13,17H,5-7,10-11H2,1-4H3. The molecule has 1 fully saturated rings. The van der Waals surface area contributed by atoms with Crippen LogP contribution in [-0.2, 0) is 10.0 Å². The minimum atomic E-state index is -3.53. The van der Waals surface area contributed by atoms with Crippen LogP contribution >= 0.6 is 0 Å². The molecule has 0 aromatic heterocycles. The summed E-state index contributed by atoms with van der Waals surface area (Å²) in [6, 6.07) is 3.27. The Morgan fingerprint density at radius 1 is 1.26 bits per heavy atom. The first-order chi connectivity index (χ1) is 10.9. The Morgan fingerprint density at radius 2 is 1.91 bits per heavy atom. The molecule has 1 N–H and O–H groups in total. The van der Waals surface area contributed by atoms with Crippen LogP contribution in [0.1, 0.15) is 18.4 Å². The van der Waals surface area contributed by atoms with Gasteiger partial charge in [0, 0.05) is 19.2 Å². The molecule has 1 aliphatic rings. The zero-order valence-electron chi connectivity index (χ0n) is 14.3. The van der Waals surface area contributed by atoms with Crippen LogP contribution in [0.4, 0.5) is 0 Å². The predicted molar refractivity (Wildman–Crippen MR) is 89.7 cm³/mol. The molecule has 1 aliphatic heterocycles. The van der Waals surface area contributed by atoms with E-state index < -0.39 is 10.0 Å². The molecule has 0 spiro atoms. The number of nitrogens with zero attached hydrogens (tertiary/aromatic N) is 1. The highest BCUT2D eigenvalue weighted by Gasteiger charge is 2.31. The van der Waals surface area contributed by atoms with E-state index in [4.69, 9.17) is 9.47 Å². The van der Waals surface area contributed by atoms with E-state index in [0.717, 1.165) is 19.4 Å². The smallest absolute Gasteiger partial charge is 0.243 e. The van der Waals surface area contributed by atoms with E-state index in [-0.39, 0.29) is 0 Å². The van der Waals surface area contributed by atoms with Gasteiger partial charge in [-0.15, -0.1) is 0 Å². The molecule has 1 aromatic carbocycles. The van der Waals surface area contributed by atoms with Crippen molar-refractivity contribution < 1.29 is 17.9 Å². The number of aryl methyl sites for hydroxylation is 1. The van der Waals surface area contributed by atoms with Gasteiger partial charge in [0.25, 0.3) is 0 Å². The summed E-state index contributed by atoms with van der Waals surface area (Å²) >= 11 is 0. The fourth-order valence-corrected chi connectivity index (χ4v) is 4.86. The number of rotatable bonds is 6. The second-order valence-corrected chi connectivity index (χ2v) is 7.81. The van der Waals surface area contributed by atoms with Crippen molar-refractivity contribution in [3.05, 3.63) is 17.7 Å². The van der Waals surface area contributed by atoms with Crippen molar-refractivity contribution in [2.24, 2.45) is 5.92 Å². The third kappa shape index (κ3) is 3.79. The highest BCUT2D eigenvalue weighted by molar-refractivity contribution is 7.89. The molecule has 0 saturated carbocycles. The number of sulfonamides is 1. The van der Waals surface area contributed by atoms with Crippen molar-refractivity contribution in [2.75, 3.05) is 40.9 Å². The molecule has 1 atom stereocenters. The monoisotopic (exact) mass is 342 g/mol. The molecule has 0 radical (unpaired) electrons. The van der Waals surface area contributed by atoms with Crippen molar-refractivity contribution in [3.63, 3.8) is 0 Å². The van der Waals surface area contributed by atoms with Gasteiger partial charge in [0.1, 0.15) is 0 Å². The van der Waals surface area contributed by atoms with E-state index in [0.29, 0.717) is 41.0 Å². The van der Waals surface area contributed by atoms with Crippen LogP contribution in [-0.4, -0.2) is 53.6 Å². The Labute approximate surface area is 138 Å². The first-order valence-corrected chi connectivity index (χ1v) is 9.25. The molecule has 1 heterocycles. The lowest BCUT2D eigenvalue weighted by Gasteiger charge is -2.32. The van der Waals surface area contributed by atoms with Gasteiger partial charge in [0.05, 0.1) is 19.1 Å². The Hall–Kier alpha value is -1.31. The maximum absolute atomic E-state index is 13.0. The Balaban J connectivity index is 2.35. The molecule has 0 bridgehead atoms. The van der Waals surface area contributed by atoms with Crippen molar-refractivity contribution in [3.8, 4) is 11.5 Å². The van der Waals surface area contributed by atoms with E-state index in [2.05, 4.69) is 5.32 Å². The lowest BCUT2D eigenvalue weighted by molar-refractivity contribution is 0.263. The minimum Gasteiger partial charge on any atom is -0.493 e. The molecule has 0 aliphatic carbocycles. The highest BCUT2D eigenvalue weighted by Crippen LogP contribution is 2.34. The summed E-state index contributed by atoms with van der Waals surface area (Å²) < 4.78 is 38.2. The SMILES string of the molecule is CNCC1CCCN(S(=O)(=O)c2cc(OC)c(OC)cc2C)C1. The van der Waals surface area contributed by atoms with Gasteiger partial charge in [-0.05, 0) is 50.9 Å². The molecule has 1 unspecified atom stereocenters. The first kappa shape index (κ1) is 18.0. The van der Waals surface area contributed by atoms with Crippen LogP contribution in [0.5, 0.6) is 11.5 Å². The fourth-order valence-electron chi connectivity index (χ4n) is 3.08. The molecule has 1 saturated heterocycles. The second-order valence-electron chi connectivity index (χ2n) is 5.90. The second kappa shape index (κ2) is 7.51. The van der Waals surface area contributed by atoms with E-state index in [1.165, 1.54) is 7.11 Å². The highest BCUT2D eigenvalue weighted by atomic mass is 32.2. The lowest BCUT2D eigenvalue weighted by atomic mass is 10.00. The summed E-state index contributed by atoms with van der Waals surface area (Å²) in [4.78, 5) is 0.292. The van der Waals surface area contributed by atoms with Gasteiger partial charge in [0.2, 0.25) is 10.0 Å². The number of nitrogens with one attached hydrogen (secondary N) is 1. The van der Waals surface area contributed by atoms with E-state index >= 15 is 0 Å². The first-order valence-electron chi connectivity index (χ1n) is 7.81. The van der Waals surface area contributed by atoms with Gasteiger partial charge in [0.15, 0.2) is 11.5 Å². The van der Waals surface area contributed by atoms with Gasteiger partial charge in [-0.1, -0.05) is 0 Å². The Bertz CT molecular complexity index is 644. The van der Waals surface area contributed by atoms with Crippen LogP contribution in [0.2, 0.25) is 0 Å². The Morgan fingerprint density at radius 3 is 2.52 bits per heavy atom. The number of benzene rings is 1. The minimum absolute atomic E-state index is 0.292. The maximum atomic E-state index is 13.0. The van der Waals surface area contributed by atoms with Crippen LogP contribution < -0.4 is 14.8 Å². The van der Waals surface area contributed by atoms with Crippen molar-refractivity contribution in [2.45, 2.75) is 24.7 Å². The molecular formula is C16H26N2O4S. The summed E-state index contributed by atoms with van der Waals surface area (Å²) in [5.41, 5.74) is 0.665. The molecule has 1 aromatic rings. The van der Waals surface area contributed by atoms with Crippen LogP contribution in [0.15, 0.2) is 17.0 Å². The van der Waals surface area contributed by atoms with Gasteiger partial charge in [-0.25, -0.2) is 8.42 Å². The lowest BCUT2D eigenvalue weighted by Crippen LogP contribution is -2.42. The molecule has 0 amide bonds. The third-order valence-corrected chi connectivity index (χ3v) is 6.28. The van der Waals surface area contributed by atoms with Gasteiger partial charge in [-0.2, -0.15) is 4.31 Å². The third-order valence-electron chi connectivity index (χ3n) is 4.27. The summed E-state index contributed by atoms with van der Waals surface area (Å²) in [7, 11) is 1.41. The summed E-state index contributed by atoms with van der Waals surface area (Å²) in [6.45, 7) is 3.73. The average Bonchev–Trinajstić information content (AvgIpc) is 2.54. The fraction of sp³-hybridized carbons (Fsp3) is 0.625. The van der Waals surface area contributed by atoms with Gasteiger partial charge in [-0.3, -0.25) is 0 Å². The quantitative estimate of drug-likeness (QED) is 0.851. The van der Waals surface area contributed by atoms with Crippen LogP contribution in [0.3, 0.4) is 0 Å². The molecule has 6 nitrogen and oxygen atoms in total. The van der Waals surface area contributed by atoms with Crippen molar-refractivity contribution in [1.29, 1.82) is 0 Å². The summed E-state index contributed by atoms with van der Waals surface area (Å²) in [5, 5.41) is 3.14. The van der Waals surface area contributed by atoms with Crippen molar-refractivity contribution in [1.82, 2.24) is 9.62 Å². The van der Waals surface area contributed by atoms with Crippen molar-refractivity contribution >= 4 is 10.0 Å². The average molecular weight is 342 g/mol. The zero-order chi connectivity index (χ0) is 17.0. The van der Waals surface area contributed by atoms with Crippen LogP contribution in [0.25, 0.3) is 0 Å². The maximum Gasteiger partial charge on any atom is 0.243 e. The predicted octanol–water partition coefficient (Wildman–Crippen LogP) is 1.63. The molecular weight excluding hydrogens is 316 g/mol.